The van der Waals surface area contributed by atoms with Crippen LogP contribution in [0.4, 0.5) is 8.78 Å². The molecule has 4 rings (SSSR count). The molecule has 1 amide bonds. The van der Waals surface area contributed by atoms with Crippen LogP contribution in [0.25, 0.3) is 16.8 Å². The first-order valence-corrected chi connectivity index (χ1v) is 12.3. The minimum absolute atomic E-state index is 0.0341. The molecule has 0 fully saturated rings. The molecule has 0 saturated heterocycles. The van der Waals surface area contributed by atoms with E-state index in [-0.39, 0.29) is 24.4 Å². The van der Waals surface area contributed by atoms with Crippen molar-refractivity contribution in [3.8, 4) is 0 Å². The number of amides is 1. The Balaban J connectivity index is 1.60. The maximum Gasteiger partial charge on any atom is 0.220 e. The molecular weight excluding hydrogens is 476 g/mol. The lowest BCUT2D eigenvalue weighted by Crippen LogP contribution is -2.40. The normalized spacial score (nSPS) is 13.1. The van der Waals surface area contributed by atoms with Gasteiger partial charge in [-0.05, 0) is 71.1 Å². The molecule has 4 aromatic carbocycles. The highest BCUT2D eigenvalue weighted by Gasteiger charge is 2.26. The zero-order valence-corrected chi connectivity index (χ0v) is 21.1. The fourth-order valence-corrected chi connectivity index (χ4v) is 4.70. The Morgan fingerprint density at radius 1 is 0.917 bits per heavy atom. The highest BCUT2D eigenvalue weighted by molar-refractivity contribution is 6.30. The number of fused-ring (bicyclic) bond motifs is 1. The second-order valence-corrected chi connectivity index (χ2v) is 9.48. The maximum absolute atomic E-state index is 13.8. The van der Waals surface area contributed by atoms with Gasteiger partial charge in [0.15, 0.2) is 11.6 Å². The molecule has 0 radical (unpaired) electrons. The number of carbonyl (C=O) groups excluding carboxylic acids is 1. The third-order valence-corrected chi connectivity index (χ3v) is 6.84. The molecule has 0 aliphatic heterocycles. The van der Waals surface area contributed by atoms with Crippen molar-refractivity contribution in [3.63, 3.8) is 0 Å². The topological polar surface area (TPSA) is 20.3 Å². The predicted molar refractivity (Wildman–Crippen MR) is 144 cm³/mol. The van der Waals surface area contributed by atoms with Crippen molar-refractivity contribution < 1.29 is 13.6 Å². The highest BCUT2D eigenvalue weighted by Crippen LogP contribution is 2.30. The van der Waals surface area contributed by atoms with E-state index in [0.29, 0.717) is 17.0 Å². The summed E-state index contributed by atoms with van der Waals surface area (Å²) in [5.74, 6) is -1.99. The van der Waals surface area contributed by atoms with Crippen LogP contribution in [0.1, 0.15) is 42.9 Å². The first kappa shape index (κ1) is 25.6. The van der Waals surface area contributed by atoms with E-state index >= 15 is 0 Å². The fourth-order valence-electron chi connectivity index (χ4n) is 4.58. The predicted octanol–water partition coefficient (Wildman–Crippen LogP) is 8.40. The SMILES string of the molecule is CC(=O)N(Cc1ccc(F)c(F)c1)C(C)C(CC=Cc1ccc2ccccc2c1)c1ccc(Cl)cc1. The Hall–Kier alpha value is -3.50. The van der Waals surface area contributed by atoms with E-state index in [1.54, 1.807) is 4.90 Å². The van der Waals surface area contributed by atoms with Gasteiger partial charge < -0.3 is 4.90 Å². The number of benzene rings is 4. The Morgan fingerprint density at radius 3 is 2.33 bits per heavy atom. The molecular formula is C31H28ClF2NO. The Labute approximate surface area is 215 Å². The minimum Gasteiger partial charge on any atom is -0.335 e. The first-order valence-electron chi connectivity index (χ1n) is 11.9. The number of hydrogen-bond acceptors (Lipinski definition) is 1. The zero-order valence-electron chi connectivity index (χ0n) is 20.3. The minimum atomic E-state index is -0.920. The van der Waals surface area contributed by atoms with Gasteiger partial charge in [-0.1, -0.05) is 78.4 Å². The highest BCUT2D eigenvalue weighted by atomic mass is 35.5. The van der Waals surface area contributed by atoms with Crippen molar-refractivity contribution in [3.05, 3.63) is 124 Å². The van der Waals surface area contributed by atoms with Crippen molar-refractivity contribution in [1.29, 1.82) is 0 Å². The van der Waals surface area contributed by atoms with Crippen LogP contribution in [0.2, 0.25) is 5.02 Å². The van der Waals surface area contributed by atoms with Crippen LogP contribution in [-0.4, -0.2) is 16.8 Å². The van der Waals surface area contributed by atoms with E-state index in [1.807, 2.05) is 43.3 Å². The van der Waals surface area contributed by atoms with Crippen LogP contribution in [0, 0.1) is 11.6 Å². The van der Waals surface area contributed by atoms with Crippen molar-refractivity contribution in [1.82, 2.24) is 4.90 Å². The summed E-state index contributed by atoms with van der Waals surface area (Å²) in [6, 6.07) is 25.8. The lowest BCUT2D eigenvalue weighted by Gasteiger charge is -2.34. The van der Waals surface area contributed by atoms with E-state index < -0.39 is 11.6 Å². The smallest absolute Gasteiger partial charge is 0.220 e. The van der Waals surface area contributed by atoms with Crippen LogP contribution in [-0.2, 0) is 11.3 Å². The van der Waals surface area contributed by atoms with E-state index in [4.69, 9.17) is 11.6 Å². The molecule has 184 valence electrons. The molecule has 0 aliphatic carbocycles. The van der Waals surface area contributed by atoms with Gasteiger partial charge >= 0.3 is 0 Å². The number of allylic oxidation sites excluding steroid dienone is 1. The molecule has 4 aromatic rings. The van der Waals surface area contributed by atoms with Crippen LogP contribution in [0.5, 0.6) is 0 Å². The Morgan fingerprint density at radius 2 is 1.64 bits per heavy atom. The van der Waals surface area contributed by atoms with Gasteiger partial charge in [-0.3, -0.25) is 4.79 Å². The second kappa shape index (κ2) is 11.5. The second-order valence-electron chi connectivity index (χ2n) is 9.04. The summed E-state index contributed by atoms with van der Waals surface area (Å²) >= 11 is 6.13. The number of carbonyl (C=O) groups is 1. The summed E-state index contributed by atoms with van der Waals surface area (Å²) < 4.78 is 27.2. The zero-order chi connectivity index (χ0) is 25.7. The third-order valence-electron chi connectivity index (χ3n) is 6.59. The van der Waals surface area contributed by atoms with Crippen molar-refractivity contribution in [2.24, 2.45) is 0 Å². The lowest BCUT2D eigenvalue weighted by molar-refractivity contribution is -0.132. The molecule has 0 N–H and O–H groups in total. The quantitative estimate of drug-likeness (QED) is 0.236. The molecule has 2 atom stereocenters. The summed E-state index contributed by atoms with van der Waals surface area (Å²) in [7, 11) is 0. The largest absolute Gasteiger partial charge is 0.335 e. The monoisotopic (exact) mass is 503 g/mol. The van der Waals surface area contributed by atoms with Gasteiger partial charge in [0.1, 0.15) is 0 Å². The van der Waals surface area contributed by atoms with Crippen LogP contribution in [0.15, 0.2) is 91.0 Å². The standard InChI is InChI=1S/C31H28ClF2NO/c1-21(35(22(2)36)20-24-11-17-30(33)31(34)19-24)29(26-13-15-28(32)16-14-26)9-5-6-23-10-12-25-7-3-4-8-27(25)18-23/h3-8,10-19,21,29H,9,20H2,1-2H3. The van der Waals surface area contributed by atoms with Crippen LogP contribution >= 0.6 is 11.6 Å². The van der Waals surface area contributed by atoms with Crippen molar-refractivity contribution in [2.75, 3.05) is 0 Å². The number of hydrogen-bond donors (Lipinski definition) is 0. The van der Waals surface area contributed by atoms with Gasteiger partial charge in [0, 0.05) is 30.5 Å². The molecule has 0 bridgehead atoms. The van der Waals surface area contributed by atoms with Gasteiger partial charge in [0.05, 0.1) is 0 Å². The summed E-state index contributed by atoms with van der Waals surface area (Å²) in [5.41, 5.74) is 2.69. The molecule has 2 unspecified atom stereocenters. The molecule has 36 heavy (non-hydrogen) atoms. The van der Waals surface area contributed by atoms with E-state index in [9.17, 15) is 13.6 Å². The summed E-state index contributed by atoms with van der Waals surface area (Å²) in [5, 5.41) is 3.01. The van der Waals surface area contributed by atoms with E-state index in [0.717, 1.165) is 23.3 Å². The lowest BCUT2D eigenvalue weighted by atomic mass is 9.87. The summed E-state index contributed by atoms with van der Waals surface area (Å²) in [6.07, 6.45) is 4.89. The molecule has 0 aromatic heterocycles. The van der Waals surface area contributed by atoms with Crippen molar-refractivity contribution >= 4 is 34.4 Å². The van der Waals surface area contributed by atoms with Gasteiger partial charge in [0.25, 0.3) is 0 Å². The molecule has 0 aliphatic rings. The molecule has 2 nitrogen and oxygen atoms in total. The number of halogens is 3. The van der Waals surface area contributed by atoms with Gasteiger partial charge in [-0.2, -0.15) is 0 Å². The van der Waals surface area contributed by atoms with E-state index in [2.05, 4.69) is 42.5 Å². The number of rotatable bonds is 8. The van der Waals surface area contributed by atoms with Gasteiger partial charge in [-0.15, -0.1) is 0 Å². The molecule has 0 saturated carbocycles. The Kier molecular flexibility index (Phi) is 8.17. The molecule has 0 spiro atoms. The summed E-state index contributed by atoms with van der Waals surface area (Å²) in [6.45, 7) is 3.68. The first-order chi connectivity index (χ1) is 17.3. The van der Waals surface area contributed by atoms with E-state index in [1.165, 1.54) is 23.8 Å². The van der Waals surface area contributed by atoms with Gasteiger partial charge in [0.2, 0.25) is 5.91 Å². The van der Waals surface area contributed by atoms with Crippen molar-refractivity contribution in [2.45, 2.75) is 38.8 Å². The van der Waals surface area contributed by atoms with Crippen LogP contribution in [0.3, 0.4) is 0 Å². The average molecular weight is 504 g/mol. The van der Waals surface area contributed by atoms with Crippen LogP contribution < -0.4 is 0 Å². The molecule has 5 heteroatoms. The third kappa shape index (κ3) is 6.19. The summed E-state index contributed by atoms with van der Waals surface area (Å²) in [4.78, 5) is 14.4. The van der Waals surface area contributed by atoms with Gasteiger partial charge in [-0.25, -0.2) is 8.78 Å². The molecule has 0 heterocycles. The average Bonchev–Trinajstić information content (AvgIpc) is 2.87. The Bertz CT molecular complexity index is 1380. The number of nitrogens with zero attached hydrogens (tertiary/aromatic N) is 1. The maximum atomic E-state index is 13.8. The fraction of sp³-hybridized carbons (Fsp3) is 0.194.